The fourth-order valence-corrected chi connectivity index (χ4v) is 4.67. The summed E-state index contributed by atoms with van der Waals surface area (Å²) in [5.74, 6) is 0.386. The van der Waals surface area contributed by atoms with Gasteiger partial charge in [-0.3, -0.25) is 9.10 Å². The normalized spacial score (nSPS) is 10.9. The number of anilines is 2. The van der Waals surface area contributed by atoms with Gasteiger partial charge in [-0.25, -0.2) is 8.42 Å². The molecule has 0 unspecified atom stereocenters. The quantitative estimate of drug-likeness (QED) is 0.544. The molecule has 9 heteroatoms. The largest absolute Gasteiger partial charge is 0.493 e. The SMILES string of the molecule is COc1ccc(NC(=O)CN(c2ccccc2Cl)S(=O)(=O)c2ccccc2)cc1OC. The fourth-order valence-electron chi connectivity index (χ4n) is 2.92. The van der Waals surface area contributed by atoms with Gasteiger partial charge in [0.05, 0.1) is 29.8 Å². The van der Waals surface area contributed by atoms with Gasteiger partial charge in [0, 0.05) is 11.8 Å². The van der Waals surface area contributed by atoms with Crippen molar-refractivity contribution in [2.75, 3.05) is 30.4 Å². The molecule has 0 fully saturated rings. The summed E-state index contributed by atoms with van der Waals surface area (Å²) in [5.41, 5.74) is 0.634. The molecule has 1 amide bonds. The van der Waals surface area contributed by atoms with Crippen molar-refractivity contribution in [3.63, 3.8) is 0 Å². The van der Waals surface area contributed by atoms with E-state index in [0.717, 1.165) is 4.31 Å². The van der Waals surface area contributed by atoms with E-state index in [-0.39, 0.29) is 15.6 Å². The zero-order valence-electron chi connectivity index (χ0n) is 16.9. The molecule has 0 aliphatic rings. The number of benzene rings is 3. The van der Waals surface area contributed by atoms with E-state index in [1.165, 1.54) is 26.4 Å². The maximum absolute atomic E-state index is 13.3. The maximum atomic E-state index is 13.3. The summed E-state index contributed by atoms with van der Waals surface area (Å²) in [6.07, 6.45) is 0. The van der Waals surface area contributed by atoms with E-state index < -0.39 is 22.5 Å². The van der Waals surface area contributed by atoms with Crippen LogP contribution in [0, 0.1) is 0 Å². The van der Waals surface area contributed by atoms with Gasteiger partial charge < -0.3 is 14.8 Å². The van der Waals surface area contributed by atoms with Crippen LogP contribution in [0.25, 0.3) is 0 Å². The summed E-state index contributed by atoms with van der Waals surface area (Å²) >= 11 is 6.26. The van der Waals surface area contributed by atoms with Gasteiger partial charge in [-0.15, -0.1) is 0 Å². The van der Waals surface area contributed by atoms with Crippen LogP contribution in [0.15, 0.2) is 77.7 Å². The third-order valence-electron chi connectivity index (χ3n) is 4.41. The molecule has 1 N–H and O–H groups in total. The Labute approximate surface area is 186 Å². The van der Waals surface area contributed by atoms with Gasteiger partial charge >= 0.3 is 0 Å². The first kappa shape index (κ1) is 22.5. The Kier molecular flexibility index (Phi) is 7.04. The number of amides is 1. The molecule has 0 atom stereocenters. The lowest BCUT2D eigenvalue weighted by Gasteiger charge is -2.25. The Bertz CT molecular complexity index is 1170. The minimum Gasteiger partial charge on any atom is -0.493 e. The van der Waals surface area contributed by atoms with Crippen LogP contribution in [0.3, 0.4) is 0 Å². The minimum atomic E-state index is -4.04. The summed E-state index contributed by atoms with van der Waals surface area (Å²) in [6.45, 7) is -0.477. The van der Waals surface area contributed by atoms with Crippen molar-refractivity contribution in [3.05, 3.63) is 77.8 Å². The molecule has 0 aliphatic carbocycles. The highest BCUT2D eigenvalue weighted by Gasteiger charge is 2.28. The number of nitrogens with one attached hydrogen (secondary N) is 1. The topological polar surface area (TPSA) is 84.9 Å². The molecular weight excluding hydrogens is 440 g/mol. The van der Waals surface area contributed by atoms with Gasteiger partial charge in [0.15, 0.2) is 11.5 Å². The van der Waals surface area contributed by atoms with Gasteiger partial charge in [-0.1, -0.05) is 41.9 Å². The van der Waals surface area contributed by atoms with E-state index in [1.54, 1.807) is 60.7 Å². The highest BCUT2D eigenvalue weighted by molar-refractivity contribution is 7.92. The average Bonchev–Trinajstić information content (AvgIpc) is 2.78. The zero-order chi connectivity index (χ0) is 22.4. The number of methoxy groups -OCH3 is 2. The number of rotatable bonds is 8. The second-order valence-electron chi connectivity index (χ2n) is 6.39. The molecule has 0 aliphatic heterocycles. The molecule has 3 aromatic carbocycles. The summed E-state index contributed by atoms with van der Waals surface area (Å²) in [5, 5.41) is 2.90. The average molecular weight is 461 g/mol. The van der Waals surface area contributed by atoms with Gasteiger partial charge in [-0.05, 0) is 36.4 Å². The number of nitrogens with zero attached hydrogens (tertiary/aromatic N) is 1. The van der Waals surface area contributed by atoms with Crippen LogP contribution >= 0.6 is 11.6 Å². The van der Waals surface area contributed by atoms with Crippen molar-refractivity contribution >= 4 is 38.9 Å². The smallest absolute Gasteiger partial charge is 0.264 e. The third kappa shape index (κ3) is 5.10. The molecule has 0 aromatic heterocycles. The number of hydrogen-bond donors (Lipinski definition) is 1. The van der Waals surface area contributed by atoms with Gasteiger partial charge in [-0.2, -0.15) is 0 Å². The van der Waals surface area contributed by atoms with Gasteiger partial charge in [0.1, 0.15) is 6.54 Å². The Morgan fingerprint density at radius 1 is 0.935 bits per heavy atom. The van der Waals surface area contributed by atoms with E-state index in [0.29, 0.717) is 17.2 Å². The Hall–Kier alpha value is -3.23. The van der Waals surface area contributed by atoms with Crippen LogP contribution < -0.4 is 19.1 Å². The zero-order valence-corrected chi connectivity index (χ0v) is 18.5. The molecule has 0 heterocycles. The van der Waals surface area contributed by atoms with Crippen molar-refractivity contribution in [2.45, 2.75) is 4.90 Å². The summed E-state index contributed by atoms with van der Waals surface area (Å²) in [7, 11) is -1.06. The van der Waals surface area contributed by atoms with Crippen LogP contribution in [0.4, 0.5) is 11.4 Å². The Balaban J connectivity index is 1.92. The maximum Gasteiger partial charge on any atom is 0.264 e. The number of carbonyl (C=O) groups is 1. The first-order valence-corrected chi connectivity index (χ1v) is 11.0. The van der Waals surface area contributed by atoms with Crippen molar-refractivity contribution in [1.29, 1.82) is 0 Å². The molecule has 0 spiro atoms. The van der Waals surface area contributed by atoms with Crippen LogP contribution in [-0.4, -0.2) is 35.1 Å². The number of halogens is 1. The van der Waals surface area contributed by atoms with E-state index in [4.69, 9.17) is 21.1 Å². The van der Waals surface area contributed by atoms with E-state index >= 15 is 0 Å². The summed E-state index contributed by atoms with van der Waals surface area (Å²) in [6, 6.07) is 19.2. The second kappa shape index (κ2) is 9.72. The van der Waals surface area contributed by atoms with E-state index in [2.05, 4.69) is 5.32 Å². The molecule has 0 radical (unpaired) electrons. The predicted octanol–water partition coefficient (Wildman–Crippen LogP) is 4.19. The first-order valence-electron chi connectivity index (χ1n) is 9.21. The van der Waals surface area contributed by atoms with Crippen molar-refractivity contribution in [3.8, 4) is 11.5 Å². The van der Waals surface area contributed by atoms with Gasteiger partial charge in [0.25, 0.3) is 10.0 Å². The van der Waals surface area contributed by atoms with Crippen molar-refractivity contribution < 1.29 is 22.7 Å². The molecule has 162 valence electrons. The number of hydrogen-bond acceptors (Lipinski definition) is 5. The summed E-state index contributed by atoms with van der Waals surface area (Å²) < 4.78 is 38.0. The molecule has 3 rings (SSSR count). The number of sulfonamides is 1. The molecular formula is C22H21ClN2O5S. The predicted molar refractivity (Wildman–Crippen MR) is 121 cm³/mol. The Morgan fingerprint density at radius 2 is 1.58 bits per heavy atom. The number of para-hydroxylation sites is 1. The lowest BCUT2D eigenvalue weighted by molar-refractivity contribution is -0.114. The highest BCUT2D eigenvalue weighted by Crippen LogP contribution is 2.31. The number of ether oxygens (including phenoxy) is 2. The van der Waals surface area contributed by atoms with Crippen LogP contribution in [0.2, 0.25) is 5.02 Å². The first-order chi connectivity index (χ1) is 14.9. The van der Waals surface area contributed by atoms with E-state index in [9.17, 15) is 13.2 Å². The monoisotopic (exact) mass is 460 g/mol. The highest BCUT2D eigenvalue weighted by atomic mass is 35.5. The molecule has 31 heavy (non-hydrogen) atoms. The standard InChI is InChI=1S/C22H21ClN2O5S/c1-29-20-13-12-16(14-21(20)30-2)24-22(26)15-25(19-11-7-6-10-18(19)23)31(27,28)17-8-4-3-5-9-17/h3-14H,15H2,1-2H3,(H,24,26). The lowest BCUT2D eigenvalue weighted by Crippen LogP contribution is -2.38. The molecule has 0 saturated carbocycles. The fraction of sp³-hybridized carbons (Fsp3) is 0.136. The molecule has 0 bridgehead atoms. The second-order valence-corrected chi connectivity index (χ2v) is 8.66. The van der Waals surface area contributed by atoms with Crippen molar-refractivity contribution in [1.82, 2.24) is 0 Å². The van der Waals surface area contributed by atoms with E-state index in [1.807, 2.05) is 0 Å². The molecule has 0 saturated heterocycles. The summed E-state index contributed by atoms with van der Waals surface area (Å²) in [4.78, 5) is 12.9. The third-order valence-corrected chi connectivity index (χ3v) is 6.50. The van der Waals surface area contributed by atoms with Crippen LogP contribution in [-0.2, 0) is 14.8 Å². The molecule has 3 aromatic rings. The number of carbonyl (C=O) groups excluding carboxylic acids is 1. The minimum absolute atomic E-state index is 0.0498. The van der Waals surface area contributed by atoms with Gasteiger partial charge in [0.2, 0.25) is 5.91 Å². The Morgan fingerprint density at radius 3 is 2.23 bits per heavy atom. The van der Waals surface area contributed by atoms with Crippen LogP contribution in [0.5, 0.6) is 11.5 Å². The van der Waals surface area contributed by atoms with Crippen molar-refractivity contribution in [2.24, 2.45) is 0 Å². The van der Waals surface area contributed by atoms with Crippen LogP contribution in [0.1, 0.15) is 0 Å². The molecule has 7 nitrogen and oxygen atoms in total. The lowest BCUT2D eigenvalue weighted by atomic mass is 10.2.